The van der Waals surface area contributed by atoms with Crippen LogP contribution >= 0.6 is 23.1 Å². The molecule has 2 fully saturated rings. The minimum Gasteiger partial charge on any atom is -0.374 e. The molecule has 4 rings (SSSR count). The molecule has 1 aromatic heterocycles. The Labute approximate surface area is 198 Å². The van der Waals surface area contributed by atoms with Crippen LogP contribution in [0.15, 0.2) is 23.1 Å². The van der Waals surface area contributed by atoms with Gasteiger partial charge in [-0.25, -0.2) is 13.4 Å². The van der Waals surface area contributed by atoms with Gasteiger partial charge in [0, 0.05) is 55.1 Å². The number of piperidine rings is 1. The number of hydrogen-bond acceptors (Lipinski definition) is 8. The number of likely N-dealkylation sites (tertiary alicyclic amines) is 1. The van der Waals surface area contributed by atoms with Crippen LogP contribution in [0, 0.1) is 0 Å². The van der Waals surface area contributed by atoms with E-state index in [1.807, 2.05) is 4.90 Å². The number of benzene rings is 1. The highest BCUT2D eigenvalue weighted by Crippen LogP contribution is 2.30. The SMILES string of the molecule is CC(C)c1nsc(N2CCC(N3CCC(Nc4ccc(S(C)(=O)=O)c(Cl)c4)C3=O)CC2)n1. The Morgan fingerprint density at radius 3 is 2.50 bits per heavy atom. The lowest BCUT2D eigenvalue weighted by molar-refractivity contribution is -0.130. The average molecular weight is 498 g/mol. The number of carbonyl (C=O) groups excluding carboxylic acids is 1. The van der Waals surface area contributed by atoms with Crippen molar-refractivity contribution in [3.63, 3.8) is 0 Å². The van der Waals surface area contributed by atoms with Gasteiger partial charge in [-0.05, 0) is 37.5 Å². The Morgan fingerprint density at radius 2 is 1.91 bits per heavy atom. The minimum atomic E-state index is -3.39. The van der Waals surface area contributed by atoms with Crippen LogP contribution in [-0.2, 0) is 14.6 Å². The van der Waals surface area contributed by atoms with E-state index in [0.717, 1.165) is 43.1 Å². The van der Waals surface area contributed by atoms with Crippen molar-refractivity contribution in [3.8, 4) is 0 Å². The molecule has 0 radical (unpaired) electrons. The van der Waals surface area contributed by atoms with Gasteiger partial charge >= 0.3 is 0 Å². The Kier molecular flexibility index (Phi) is 6.65. The summed E-state index contributed by atoms with van der Waals surface area (Å²) < 4.78 is 27.9. The molecule has 1 aromatic carbocycles. The number of aromatic nitrogens is 2. The van der Waals surface area contributed by atoms with Crippen LogP contribution in [0.3, 0.4) is 0 Å². The number of amides is 1. The number of rotatable bonds is 6. The first-order chi connectivity index (χ1) is 15.1. The zero-order chi connectivity index (χ0) is 23.0. The molecule has 0 bridgehead atoms. The third-order valence-corrected chi connectivity index (χ3v) is 8.41. The summed E-state index contributed by atoms with van der Waals surface area (Å²) in [5.41, 5.74) is 0.648. The first kappa shape index (κ1) is 23.3. The lowest BCUT2D eigenvalue weighted by atomic mass is 10.0. The molecule has 2 aliphatic rings. The molecule has 3 heterocycles. The number of sulfone groups is 1. The number of anilines is 2. The van der Waals surface area contributed by atoms with Crippen molar-refractivity contribution < 1.29 is 13.2 Å². The lowest BCUT2D eigenvalue weighted by Gasteiger charge is -2.36. The molecule has 2 aliphatic heterocycles. The number of hydrogen-bond donors (Lipinski definition) is 1. The van der Waals surface area contributed by atoms with E-state index < -0.39 is 9.84 Å². The Morgan fingerprint density at radius 1 is 1.19 bits per heavy atom. The maximum absolute atomic E-state index is 13.1. The van der Waals surface area contributed by atoms with Gasteiger partial charge in [0.1, 0.15) is 11.9 Å². The summed E-state index contributed by atoms with van der Waals surface area (Å²) in [7, 11) is -3.39. The van der Waals surface area contributed by atoms with E-state index in [2.05, 4.69) is 33.4 Å². The average Bonchev–Trinajstić information content (AvgIpc) is 3.35. The third-order valence-electron chi connectivity index (χ3n) is 6.04. The number of nitrogens with one attached hydrogen (secondary N) is 1. The minimum absolute atomic E-state index is 0.0878. The lowest BCUT2D eigenvalue weighted by Crippen LogP contribution is -2.47. The van der Waals surface area contributed by atoms with Gasteiger partial charge in [0.2, 0.25) is 11.0 Å². The number of carbonyl (C=O) groups is 1. The number of nitrogens with zero attached hydrogens (tertiary/aromatic N) is 4. The normalized spacial score (nSPS) is 20.4. The summed E-state index contributed by atoms with van der Waals surface area (Å²) in [4.78, 5) is 22.0. The first-order valence-electron chi connectivity index (χ1n) is 10.8. The van der Waals surface area contributed by atoms with Gasteiger partial charge in [0.15, 0.2) is 9.84 Å². The van der Waals surface area contributed by atoms with Crippen LogP contribution in [0.2, 0.25) is 5.02 Å². The Bertz CT molecular complexity index is 1100. The fourth-order valence-corrected chi connectivity index (χ4v) is 6.44. The maximum atomic E-state index is 13.1. The predicted octanol–water partition coefficient (Wildman–Crippen LogP) is 3.40. The van der Waals surface area contributed by atoms with Crippen LogP contribution in [0.1, 0.15) is 44.9 Å². The van der Waals surface area contributed by atoms with E-state index in [9.17, 15) is 13.2 Å². The molecule has 1 unspecified atom stereocenters. The fraction of sp³-hybridized carbons (Fsp3) is 0.571. The highest BCUT2D eigenvalue weighted by Gasteiger charge is 2.37. The van der Waals surface area contributed by atoms with Crippen LogP contribution in [0.4, 0.5) is 10.8 Å². The highest BCUT2D eigenvalue weighted by atomic mass is 35.5. The quantitative estimate of drug-likeness (QED) is 0.653. The molecule has 8 nitrogen and oxygen atoms in total. The molecular weight excluding hydrogens is 470 g/mol. The van der Waals surface area contributed by atoms with Crippen molar-refractivity contribution in [1.82, 2.24) is 14.3 Å². The molecule has 1 amide bonds. The smallest absolute Gasteiger partial charge is 0.245 e. The molecule has 1 atom stereocenters. The fourth-order valence-electron chi connectivity index (χ4n) is 4.25. The molecule has 2 aromatic rings. The van der Waals surface area contributed by atoms with Crippen molar-refractivity contribution in [2.75, 3.05) is 36.1 Å². The van der Waals surface area contributed by atoms with Crippen molar-refractivity contribution in [1.29, 1.82) is 0 Å². The Balaban J connectivity index is 1.34. The molecule has 0 saturated carbocycles. The zero-order valence-electron chi connectivity index (χ0n) is 18.4. The monoisotopic (exact) mass is 497 g/mol. The maximum Gasteiger partial charge on any atom is 0.245 e. The molecule has 1 N–H and O–H groups in total. The van der Waals surface area contributed by atoms with Crippen LogP contribution in [0.5, 0.6) is 0 Å². The van der Waals surface area contributed by atoms with E-state index in [1.165, 1.54) is 17.6 Å². The van der Waals surface area contributed by atoms with Gasteiger partial charge in [-0.2, -0.15) is 4.37 Å². The predicted molar refractivity (Wildman–Crippen MR) is 128 cm³/mol. The molecular formula is C21H28ClN5O3S2. The molecule has 0 aliphatic carbocycles. The van der Waals surface area contributed by atoms with E-state index in [0.29, 0.717) is 24.6 Å². The van der Waals surface area contributed by atoms with E-state index in [-0.39, 0.29) is 27.9 Å². The zero-order valence-corrected chi connectivity index (χ0v) is 20.8. The van der Waals surface area contributed by atoms with Gasteiger partial charge in [-0.3, -0.25) is 4.79 Å². The third kappa shape index (κ3) is 4.87. The molecule has 32 heavy (non-hydrogen) atoms. The second-order valence-corrected chi connectivity index (χ2v) is 11.9. The van der Waals surface area contributed by atoms with Crippen LogP contribution in [-0.4, -0.2) is 66.6 Å². The Hall–Kier alpha value is -1.91. The summed E-state index contributed by atoms with van der Waals surface area (Å²) in [6.07, 6.45) is 3.64. The van der Waals surface area contributed by atoms with Gasteiger partial charge < -0.3 is 15.1 Å². The standard InChI is InChI=1S/C21H28ClN5O3S2/c1-13(2)19-24-21(31-25-19)26-9-6-15(7-10-26)27-11-8-17(20(27)28)23-14-4-5-18(16(22)12-14)32(3,29)30/h4-5,12-13,15,17,23H,6-11H2,1-3H3. The van der Waals surface area contributed by atoms with E-state index >= 15 is 0 Å². The molecule has 0 spiro atoms. The van der Waals surface area contributed by atoms with Crippen molar-refractivity contribution in [2.24, 2.45) is 0 Å². The molecule has 2 saturated heterocycles. The van der Waals surface area contributed by atoms with Gasteiger partial charge in [-0.1, -0.05) is 25.4 Å². The van der Waals surface area contributed by atoms with Crippen LogP contribution in [0.25, 0.3) is 0 Å². The first-order valence-corrected chi connectivity index (χ1v) is 13.8. The summed E-state index contributed by atoms with van der Waals surface area (Å²) in [6.45, 7) is 6.63. The second-order valence-electron chi connectivity index (χ2n) is 8.74. The second kappa shape index (κ2) is 9.15. The van der Waals surface area contributed by atoms with Gasteiger partial charge in [0.25, 0.3) is 0 Å². The summed E-state index contributed by atoms with van der Waals surface area (Å²) in [6, 6.07) is 4.60. The summed E-state index contributed by atoms with van der Waals surface area (Å²) in [5.74, 6) is 1.30. The topological polar surface area (TPSA) is 95.5 Å². The van der Waals surface area contributed by atoms with Crippen molar-refractivity contribution in [3.05, 3.63) is 29.0 Å². The summed E-state index contributed by atoms with van der Waals surface area (Å²) >= 11 is 7.59. The van der Waals surface area contributed by atoms with Crippen molar-refractivity contribution >= 4 is 49.7 Å². The van der Waals surface area contributed by atoms with Crippen LogP contribution < -0.4 is 10.2 Å². The molecule has 11 heteroatoms. The number of halogens is 1. The van der Waals surface area contributed by atoms with Crippen molar-refractivity contribution in [2.45, 2.75) is 56.0 Å². The van der Waals surface area contributed by atoms with Gasteiger partial charge in [-0.15, -0.1) is 0 Å². The highest BCUT2D eigenvalue weighted by molar-refractivity contribution is 7.90. The van der Waals surface area contributed by atoms with Gasteiger partial charge in [0.05, 0.1) is 9.92 Å². The van der Waals surface area contributed by atoms with E-state index in [4.69, 9.17) is 11.6 Å². The van der Waals surface area contributed by atoms with E-state index in [1.54, 1.807) is 12.1 Å². The summed E-state index contributed by atoms with van der Waals surface area (Å²) in [5, 5.41) is 4.35. The molecule has 174 valence electrons. The largest absolute Gasteiger partial charge is 0.374 e.